The molecule has 1 aliphatic rings. The molecule has 1 fully saturated rings. The van der Waals surface area contributed by atoms with E-state index in [0.29, 0.717) is 12.8 Å². The van der Waals surface area contributed by atoms with Crippen LogP contribution in [0, 0.1) is 0 Å². The summed E-state index contributed by atoms with van der Waals surface area (Å²) in [5.74, 6) is 0. The minimum Gasteiger partial charge on any atom is -0.412 e. The van der Waals surface area contributed by atoms with Gasteiger partial charge < -0.3 is 5.48 Å². The second-order valence-electron chi connectivity index (χ2n) is 2.32. The number of hydrogen-bond acceptors (Lipinski definition) is 0. The van der Waals surface area contributed by atoms with E-state index in [1.54, 1.807) is 0 Å². The Kier molecular flexibility index (Phi) is 20.5. The fraction of sp³-hybridized carbons (Fsp3) is 1.00. The highest BCUT2D eigenvalue weighted by molar-refractivity contribution is 4.73. The fourth-order valence-electron chi connectivity index (χ4n) is 1.04. The monoisotopic (exact) mass is 198 g/mol. The third kappa shape index (κ3) is 9.74. The summed E-state index contributed by atoms with van der Waals surface area (Å²) in [4.78, 5) is 0. The van der Waals surface area contributed by atoms with Crippen LogP contribution < -0.4 is 0 Å². The van der Waals surface area contributed by atoms with Gasteiger partial charge in [-0.25, -0.2) is 8.78 Å². The molecule has 0 radical (unpaired) electrons. The van der Waals surface area contributed by atoms with Crippen molar-refractivity contribution >= 4 is 0 Å². The van der Waals surface area contributed by atoms with Crippen LogP contribution in [0.3, 0.4) is 0 Å². The van der Waals surface area contributed by atoms with Crippen molar-refractivity contribution in [3.05, 3.63) is 0 Å². The van der Waals surface area contributed by atoms with Gasteiger partial charge in [0.05, 0.1) is 0 Å². The second-order valence-corrected chi connectivity index (χ2v) is 2.32. The van der Waals surface area contributed by atoms with Crippen molar-refractivity contribution in [3.63, 3.8) is 0 Å². The standard InChI is InChI=1S/C6H10F2.2C2H6.H2O/c7-5-3-1-2-4-6(5)8;2*1-2;/h5-6H,1-4H2;2*1-2H3;1H2. The first kappa shape index (κ1) is 18.6. The van der Waals surface area contributed by atoms with E-state index in [-0.39, 0.29) is 5.48 Å². The Hall–Kier alpha value is -0.180. The zero-order valence-corrected chi connectivity index (χ0v) is 9.24. The molecule has 2 N–H and O–H groups in total. The molecule has 0 spiro atoms. The molecule has 0 amide bonds. The lowest BCUT2D eigenvalue weighted by Gasteiger charge is -2.17. The maximum absolute atomic E-state index is 12.2. The van der Waals surface area contributed by atoms with Gasteiger partial charge in [-0.3, -0.25) is 0 Å². The Bertz CT molecular complexity index is 69.3. The quantitative estimate of drug-likeness (QED) is 0.571. The molecule has 0 aromatic carbocycles. The van der Waals surface area contributed by atoms with Gasteiger partial charge in [0.1, 0.15) is 12.3 Å². The molecular weight excluding hydrogens is 174 g/mol. The lowest BCUT2D eigenvalue weighted by Crippen LogP contribution is -2.21. The normalized spacial score (nSPS) is 25.4. The van der Waals surface area contributed by atoms with Crippen molar-refractivity contribution < 1.29 is 14.3 Å². The highest BCUT2D eigenvalue weighted by Crippen LogP contribution is 2.23. The van der Waals surface area contributed by atoms with Crippen molar-refractivity contribution in [1.82, 2.24) is 0 Å². The van der Waals surface area contributed by atoms with Crippen LogP contribution in [0.15, 0.2) is 0 Å². The Morgan fingerprint density at radius 1 is 0.769 bits per heavy atom. The molecule has 0 bridgehead atoms. The van der Waals surface area contributed by atoms with E-state index in [0.717, 1.165) is 12.8 Å². The SMILES string of the molecule is CC.CC.FC1CCCCC1F.O. The van der Waals surface area contributed by atoms with Gasteiger partial charge in [-0.15, -0.1) is 0 Å². The summed E-state index contributed by atoms with van der Waals surface area (Å²) >= 11 is 0. The molecule has 1 aliphatic carbocycles. The van der Waals surface area contributed by atoms with Gasteiger partial charge in [0.15, 0.2) is 0 Å². The van der Waals surface area contributed by atoms with E-state index >= 15 is 0 Å². The predicted octanol–water partition coefficient (Wildman–Crippen LogP) is 3.46. The predicted molar refractivity (Wildman–Crippen MR) is 54.6 cm³/mol. The van der Waals surface area contributed by atoms with Gasteiger partial charge in [-0.1, -0.05) is 40.5 Å². The van der Waals surface area contributed by atoms with Gasteiger partial charge in [0, 0.05) is 0 Å². The molecule has 0 heterocycles. The molecule has 0 aliphatic heterocycles. The molecule has 1 nitrogen and oxygen atoms in total. The summed E-state index contributed by atoms with van der Waals surface area (Å²) in [6, 6.07) is 0. The summed E-state index contributed by atoms with van der Waals surface area (Å²) < 4.78 is 24.4. The summed E-state index contributed by atoms with van der Waals surface area (Å²) in [7, 11) is 0. The topological polar surface area (TPSA) is 31.5 Å². The van der Waals surface area contributed by atoms with Crippen molar-refractivity contribution in [2.45, 2.75) is 65.7 Å². The zero-order chi connectivity index (χ0) is 9.98. The third-order valence-electron chi connectivity index (χ3n) is 1.60. The van der Waals surface area contributed by atoms with Gasteiger partial charge >= 0.3 is 0 Å². The molecule has 2 atom stereocenters. The van der Waals surface area contributed by atoms with E-state index in [9.17, 15) is 8.78 Å². The van der Waals surface area contributed by atoms with Crippen LogP contribution in [0.1, 0.15) is 53.4 Å². The van der Waals surface area contributed by atoms with Crippen LogP contribution in [0.4, 0.5) is 8.78 Å². The highest BCUT2D eigenvalue weighted by Gasteiger charge is 2.23. The molecule has 2 unspecified atom stereocenters. The average Bonchev–Trinajstić information content (AvgIpc) is 2.17. The Morgan fingerprint density at radius 3 is 1.15 bits per heavy atom. The van der Waals surface area contributed by atoms with Crippen LogP contribution in [-0.4, -0.2) is 17.8 Å². The van der Waals surface area contributed by atoms with Crippen molar-refractivity contribution in [1.29, 1.82) is 0 Å². The largest absolute Gasteiger partial charge is 0.412 e. The molecule has 0 aromatic rings. The smallest absolute Gasteiger partial charge is 0.131 e. The van der Waals surface area contributed by atoms with Crippen LogP contribution in [0.5, 0.6) is 0 Å². The van der Waals surface area contributed by atoms with Crippen LogP contribution in [0.25, 0.3) is 0 Å². The zero-order valence-electron chi connectivity index (χ0n) is 9.24. The maximum Gasteiger partial charge on any atom is 0.131 e. The van der Waals surface area contributed by atoms with Gasteiger partial charge in [0.2, 0.25) is 0 Å². The molecule has 0 saturated heterocycles. The van der Waals surface area contributed by atoms with Gasteiger partial charge in [-0.2, -0.15) is 0 Å². The first-order valence-corrected chi connectivity index (χ1v) is 5.09. The highest BCUT2D eigenvalue weighted by atomic mass is 19.2. The second kappa shape index (κ2) is 14.3. The number of alkyl halides is 2. The van der Waals surface area contributed by atoms with Crippen LogP contribution >= 0.6 is 0 Å². The average molecular weight is 198 g/mol. The van der Waals surface area contributed by atoms with E-state index < -0.39 is 12.3 Å². The molecule has 0 aromatic heterocycles. The van der Waals surface area contributed by atoms with E-state index in [1.165, 1.54) is 0 Å². The lowest BCUT2D eigenvalue weighted by molar-refractivity contribution is 0.120. The minimum absolute atomic E-state index is 0. The van der Waals surface area contributed by atoms with Crippen molar-refractivity contribution in [2.24, 2.45) is 0 Å². The van der Waals surface area contributed by atoms with Crippen LogP contribution in [-0.2, 0) is 0 Å². The summed E-state index contributed by atoms with van der Waals surface area (Å²) in [6.45, 7) is 8.00. The Morgan fingerprint density at radius 2 is 1.00 bits per heavy atom. The van der Waals surface area contributed by atoms with E-state index in [2.05, 4.69) is 0 Å². The first-order chi connectivity index (χ1) is 5.80. The maximum atomic E-state index is 12.2. The molecule has 3 heteroatoms. The first-order valence-electron chi connectivity index (χ1n) is 5.09. The molecule has 1 saturated carbocycles. The number of halogens is 2. The number of rotatable bonds is 0. The van der Waals surface area contributed by atoms with E-state index in [4.69, 9.17) is 0 Å². The molecular formula is C10H24F2O. The molecule has 13 heavy (non-hydrogen) atoms. The summed E-state index contributed by atoms with van der Waals surface area (Å²) in [5, 5.41) is 0. The fourth-order valence-corrected chi connectivity index (χ4v) is 1.04. The van der Waals surface area contributed by atoms with E-state index in [1.807, 2.05) is 27.7 Å². The van der Waals surface area contributed by atoms with Crippen LogP contribution in [0.2, 0.25) is 0 Å². The summed E-state index contributed by atoms with van der Waals surface area (Å²) in [6.07, 6.45) is 0.262. The van der Waals surface area contributed by atoms with Gasteiger partial charge in [-0.05, 0) is 12.8 Å². The molecule has 84 valence electrons. The Balaban J connectivity index is -0.000000178. The lowest BCUT2D eigenvalue weighted by atomic mass is 9.97. The minimum atomic E-state index is -1.16. The number of hydrogen-bond donors (Lipinski definition) is 0. The summed E-state index contributed by atoms with van der Waals surface area (Å²) in [5.41, 5.74) is 0. The third-order valence-corrected chi connectivity index (χ3v) is 1.60. The van der Waals surface area contributed by atoms with Gasteiger partial charge in [0.25, 0.3) is 0 Å². The van der Waals surface area contributed by atoms with Crippen molar-refractivity contribution in [3.8, 4) is 0 Å². The molecule has 1 rings (SSSR count). The Labute approximate surface area is 80.8 Å². The van der Waals surface area contributed by atoms with Crippen molar-refractivity contribution in [2.75, 3.05) is 0 Å².